The Balaban J connectivity index is 2.20. The number of piperidine rings is 1. The van der Waals surface area contributed by atoms with Gasteiger partial charge in [-0.25, -0.2) is 0 Å². The third-order valence-corrected chi connectivity index (χ3v) is 4.16. The smallest absolute Gasteiger partial charge is 0.161 e. The van der Waals surface area contributed by atoms with Crippen molar-refractivity contribution >= 4 is 11.5 Å². The molecule has 0 saturated carbocycles. The van der Waals surface area contributed by atoms with E-state index in [0.29, 0.717) is 5.56 Å². The molecule has 2 rings (SSSR count). The van der Waals surface area contributed by atoms with Crippen LogP contribution in [-0.4, -0.2) is 18.9 Å². The normalized spacial score (nSPS) is 15.9. The third-order valence-electron chi connectivity index (χ3n) is 4.16. The lowest BCUT2D eigenvalue weighted by Gasteiger charge is -2.34. The fourth-order valence-corrected chi connectivity index (χ4v) is 3.03. The Morgan fingerprint density at radius 1 is 1.40 bits per heavy atom. The van der Waals surface area contributed by atoms with Crippen molar-refractivity contribution < 1.29 is 4.79 Å². The number of rotatable bonds is 4. The Labute approximate surface area is 121 Å². The van der Waals surface area contributed by atoms with E-state index < -0.39 is 0 Å². The zero-order valence-corrected chi connectivity index (χ0v) is 12.4. The minimum atomic E-state index is 0.0696. The maximum atomic E-state index is 11.8. The second kappa shape index (κ2) is 6.56. The molecule has 106 valence electrons. The Morgan fingerprint density at radius 2 is 2.10 bits per heavy atom. The van der Waals surface area contributed by atoms with E-state index in [4.69, 9.17) is 5.26 Å². The van der Waals surface area contributed by atoms with Gasteiger partial charge in [-0.2, -0.15) is 5.26 Å². The number of nitriles is 1. The summed E-state index contributed by atoms with van der Waals surface area (Å²) >= 11 is 0. The molecule has 0 amide bonds. The van der Waals surface area contributed by atoms with Crippen LogP contribution in [0.1, 0.15) is 55.5 Å². The van der Waals surface area contributed by atoms with Crippen molar-refractivity contribution in [3.63, 3.8) is 0 Å². The standard InChI is InChI=1S/C17H22N2O/c1-3-4-14-7-9-19(10-8-14)17-11-15(12-18)5-6-16(17)13(2)20/h5-6,11,14H,3-4,7-10H2,1-2H3. The predicted molar refractivity (Wildman–Crippen MR) is 81.0 cm³/mol. The number of nitrogens with zero attached hydrogens (tertiary/aromatic N) is 2. The van der Waals surface area contributed by atoms with Crippen LogP contribution in [0.2, 0.25) is 0 Å². The average Bonchev–Trinajstić information content (AvgIpc) is 2.47. The van der Waals surface area contributed by atoms with Gasteiger partial charge < -0.3 is 4.90 Å². The highest BCUT2D eigenvalue weighted by atomic mass is 16.1. The maximum absolute atomic E-state index is 11.8. The Morgan fingerprint density at radius 3 is 2.65 bits per heavy atom. The lowest BCUT2D eigenvalue weighted by molar-refractivity contribution is 0.101. The molecular formula is C17H22N2O. The monoisotopic (exact) mass is 270 g/mol. The Hall–Kier alpha value is -1.82. The van der Waals surface area contributed by atoms with E-state index in [-0.39, 0.29) is 5.78 Å². The predicted octanol–water partition coefficient (Wildman–Crippen LogP) is 3.78. The first-order valence-electron chi connectivity index (χ1n) is 7.45. The molecule has 1 aliphatic rings. The summed E-state index contributed by atoms with van der Waals surface area (Å²) in [5.41, 5.74) is 2.30. The quantitative estimate of drug-likeness (QED) is 0.782. The van der Waals surface area contributed by atoms with E-state index >= 15 is 0 Å². The number of carbonyl (C=O) groups excluding carboxylic acids is 1. The summed E-state index contributed by atoms with van der Waals surface area (Å²) in [6.07, 6.45) is 4.91. The zero-order valence-electron chi connectivity index (χ0n) is 12.4. The van der Waals surface area contributed by atoms with Crippen LogP contribution in [-0.2, 0) is 0 Å². The first-order valence-corrected chi connectivity index (χ1v) is 7.45. The molecule has 0 atom stereocenters. The molecule has 0 unspecified atom stereocenters. The molecular weight excluding hydrogens is 248 g/mol. The molecule has 0 aromatic heterocycles. The Bertz CT molecular complexity index is 522. The van der Waals surface area contributed by atoms with Gasteiger partial charge >= 0.3 is 0 Å². The van der Waals surface area contributed by atoms with Crippen molar-refractivity contribution in [2.24, 2.45) is 5.92 Å². The number of anilines is 1. The van der Waals surface area contributed by atoms with Crippen LogP contribution < -0.4 is 4.90 Å². The molecule has 1 saturated heterocycles. The minimum Gasteiger partial charge on any atom is -0.371 e. The van der Waals surface area contributed by atoms with Crippen molar-refractivity contribution in [3.8, 4) is 6.07 Å². The molecule has 0 N–H and O–H groups in total. The van der Waals surface area contributed by atoms with Crippen LogP contribution >= 0.6 is 0 Å². The fraction of sp³-hybridized carbons (Fsp3) is 0.529. The van der Waals surface area contributed by atoms with E-state index in [9.17, 15) is 4.79 Å². The van der Waals surface area contributed by atoms with Gasteiger partial charge in [-0.3, -0.25) is 4.79 Å². The molecule has 3 heteroatoms. The molecule has 1 heterocycles. The van der Waals surface area contributed by atoms with E-state index in [1.165, 1.54) is 25.7 Å². The van der Waals surface area contributed by atoms with Crippen molar-refractivity contribution in [2.75, 3.05) is 18.0 Å². The summed E-state index contributed by atoms with van der Waals surface area (Å²) in [6, 6.07) is 7.53. The van der Waals surface area contributed by atoms with Gasteiger partial charge in [0, 0.05) is 24.3 Å². The lowest BCUT2D eigenvalue weighted by Crippen LogP contribution is -2.34. The van der Waals surface area contributed by atoms with E-state index in [2.05, 4.69) is 17.9 Å². The maximum Gasteiger partial charge on any atom is 0.161 e. The van der Waals surface area contributed by atoms with Gasteiger partial charge in [0.1, 0.15) is 0 Å². The molecule has 20 heavy (non-hydrogen) atoms. The van der Waals surface area contributed by atoms with E-state index in [1.54, 1.807) is 19.1 Å². The SMILES string of the molecule is CCCC1CCN(c2cc(C#N)ccc2C(C)=O)CC1. The molecule has 1 fully saturated rings. The molecule has 1 aromatic rings. The number of benzene rings is 1. The van der Waals surface area contributed by atoms with Crippen LogP contribution in [0.15, 0.2) is 18.2 Å². The summed E-state index contributed by atoms with van der Waals surface area (Å²) in [7, 11) is 0. The Kier molecular flexibility index (Phi) is 4.79. The summed E-state index contributed by atoms with van der Waals surface area (Å²) < 4.78 is 0. The van der Waals surface area contributed by atoms with Crippen molar-refractivity contribution in [1.82, 2.24) is 0 Å². The van der Waals surface area contributed by atoms with Gasteiger partial charge in [0.15, 0.2) is 5.78 Å². The summed E-state index contributed by atoms with van der Waals surface area (Å²) in [5, 5.41) is 9.05. The second-order valence-electron chi connectivity index (χ2n) is 5.62. The number of hydrogen-bond donors (Lipinski definition) is 0. The van der Waals surface area contributed by atoms with Gasteiger partial charge in [0.05, 0.1) is 11.6 Å². The van der Waals surface area contributed by atoms with Crippen LogP contribution in [0.4, 0.5) is 5.69 Å². The molecule has 1 aromatic carbocycles. The van der Waals surface area contributed by atoms with Gasteiger partial charge in [-0.15, -0.1) is 0 Å². The number of hydrogen-bond acceptors (Lipinski definition) is 3. The van der Waals surface area contributed by atoms with Crippen LogP contribution in [0, 0.1) is 17.2 Å². The van der Waals surface area contributed by atoms with Gasteiger partial charge in [-0.1, -0.05) is 19.8 Å². The van der Waals surface area contributed by atoms with Crippen LogP contribution in [0.5, 0.6) is 0 Å². The van der Waals surface area contributed by atoms with Crippen LogP contribution in [0.3, 0.4) is 0 Å². The van der Waals surface area contributed by atoms with Gasteiger partial charge in [0.25, 0.3) is 0 Å². The van der Waals surface area contributed by atoms with Crippen LogP contribution in [0.25, 0.3) is 0 Å². The average molecular weight is 270 g/mol. The summed E-state index contributed by atoms with van der Waals surface area (Å²) in [4.78, 5) is 14.0. The zero-order chi connectivity index (χ0) is 14.5. The molecule has 0 bridgehead atoms. The first kappa shape index (κ1) is 14.6. The molecule has 0 radical (unpaired) electrons. The fourth-order valence-electron chi connectivity index (χ4n) is 3.03. The van der Waals surface area contributed by atoms with Gasteiger partial charge in [-0.05, 0) is 43.9 Å². The summed E-state index contributed by atoms with van der Waals surface area (Å²) in [5.74, 6) is 0.886. The highest BCUT2D eigenvalue weighted by Gasteiger charge is 2.21. The van der Waals surface area contributed by atoms with Crippen molar-refractivity contribution in [1.29, 1.82) is 5.26 Å². The number of carbonyl (C=O) groups is 1. The van der Waals surface area contributed by atoms with E-state index in [0.717, 1.165) is 30.3 Å². The highest BCUT2D eigenvalue weighted by molar-refractivity contribution is 6.00. The first-order chi connectivity index (χ1) is 9.65. The largest absolute Gasteiger partial charge is 0.371 e. The van der Waals surface area contributed by atoms with Crippen molar-refractivity contribution in [2.45, 2.75) is 39.5 Å². The minimum absolute atomic E-state index is 0.0696. The molecule has 1 aliphatic heterocycles. The second-order valence-corrected chi connectivity index (χ2v) is 5.62. The van der Waals surface area contributed by atoms with E-state index in [1.807, 2.05) is 6.07 Å². The molecule has 0 aliphatic carbocycles. The molecule has 3 nitrogen and oxygen atoms in total. The van der Waals surface area contributed by atoms with Gasteiger partial charge in [0.2, 0.25) is 0 Å². The molecule has 0 spiro atoms. The number of Topliss-reactive ketones (excluding diaryl/α,β-unsaturated/α-hetero) is 1. The number of ketones is 1. The lowest BCUT2D eigenvalue weighted by atomic mass is 9.91. The van der Waals surface area contributed by atoms with Crippen molar-refractivity contribution in [3.05, 3.63) is 29.3 Å². The summed E-state index contributed by atoms with van der Waals surface area (Å²) in [6.45, 7) is 5.80. The third kappa shape index (κ3) is 3.19. The highest BCUT2D eigenvalue weighted by Crippen LogP contribution is 2.29. The topological polar surface area (TPSA) is 44.1 Å².